The maximum atomic E-state index is 13.9. The fourth-order valence-electron chi connectivity index (χ4n) is 5.12. The number of rotatable bonds is 32. The molecule has 4 atom stereocenters. The van der Waals surface area contributed by atoms with Crippen molar-refractivity contribution >= 4 is 171 Å². The molecule has 4 N–H and O–H groups in total. The SMILES string of the molecule is [B]B=S(=B[B])(CC(=O)CCC(NC(=O)C(CCC(=O)CP([B])C)NC(=O)CCC(NCCC(=O)COCCOCC)C(=O)O)C(=O)CS(=B[B])(=B[B])B([B])[B])B([B])[B]. The molecule has 0 aliphatic heterocycles. The molecule has 0 heterocycles. The Balaban J connectivity index is 6.19. The van der Waals surface area contributed by atoms with Gasteiger partial charge in [0.15, 0.2) is 5.78 Å². The Morgan fingerprint density at radius 1 is 0.707 bits per heavy atom. The van der Waals surface area contributed by atoms with Crippen molar-refractivity contribution in [3.63, 3.8) is 0 Å². The summed E-state index contributed by atoms with van der Waals surface area (Å²) in [5.74, 6) is -7.36. The van der Waals surface area contributed by atoms with Gasteiger partial charge in [0.05, 0.1) is 13.2 Å². The van der Waals surface area contributed by atoms with E-state index >= 15 is 0 Å². The summed E-state index contributed by atoms with van der Waals surface area (Å²) in [4.78, 5) is 90.7. The van der Waals surface area contributed by atoms with E-state index in [0.29, 0.717) is 13.2 Å². The zero-order chi connectivity index (χ0) is 44.5. The second-order valence-electron chi connectivity index (χ2n) is 13.2. The van der Waals surface area contributed by atoms with E-state index in [1.165, 1.54) is 12.1 Å². The van der Waals surface area contributed by atoms with E-state index in [4.69, 9.17) is 78.9 Å². The first-order valence-electron chi connectivity index (χ1n) is 18.3. The molecule has 4 unspecified atom stereocenters. The van der Waals surface area contributed by atoms with Crippen molar-refractivity contribution in [3.8, 4) is 0 Å². The summed E-state index contributed by atoms with van der Waals surface area (Å²) in [5, 5.41) is 17.6. The van der Waals surface area contributed by atoms with Crippen LogP contribution in [-0.2, 0) is 43.0 Å². The Morgan fingerprint density at radius 2 is 1.22 bits per heavy atom. The van der Waals surface area contributed by atoms with Gasteiger partial charge in [0.2, 0.25) is 0 Å². The number of aliphatic carboxylic acids is 1. The first-order valence-corrected chi connectivity index (χ1v) is 24.4. The van der Waals surface area contributed by atoms with Crippen LogP contribution in [0.4, 0.5) is 0 Å². The van der Waals surface area contributed by atoms with Crippen molar-refractivity contribution in [2.75, 3.05) is 57.3 Å². The van der Waals surface area contributed by atoms with Crippen LogP contribution in [-0.4, -0.2) is 227 Å². The summed E-state index contributed by atoms with van der Waals surface area (Å²) < 4.78 is 10.4. The Hall–Kier alpha value is -0.926. The molecule has 18 radical (unpaired) electrons. The average molecular weight is 827 g/mol. The molecule has 0 saturated carbocycles. The number of ether oxygens (including phenoxy) is 2. The number of carboxylic acids is 1. The van der Waals surface area contributed by atoms with Gasteiger partial charge in [0.1, 0.15) is 14.2 Å². The molecule has 0 fully saturated rings. The monoisotopic (exact) mass is 829 g/mol. The summed E-state index contributed by atoms with van der Waals surface area (Å²) in [5.41, 5.74) is 0. The van der Waals surface area contributed by atoms with Crippen molar-refractivity contribution < 1.29 is 48.1 Å². The molecule has 58 heavy (non-hydrogen) atoms. The van der Waals surface area contributed by atoms with E-state index in [9.17, 15) is 38.7 Å². The summed E-state index contributed by atoms with van der Waals surface area (Å²) in [7, 11) is 46.4. The summed E-state index contributed by atoms with van der Waals surface area (Å²) >= 11 is 0. The number of ketones is 4. The number of carbonyl (C=O) groups is 7. The molecule has 0 rings (SSSR count). The van der Waals surface area contributed by atoms with Crippen LogP contribution in [0.5, 0.6) is 0 Å². The molecule has 0 aliphatic rings. The van der Waals surface area contributed by atoms with Crippen molar-refractivity contribution in [2.45, 2.75) is 70.0 Å². The zero-order valence-corrected chi connectivity index (χ0v) is 35.9. The molecular formula is C27H43B15N3O10PS2. The quantitative estimate of drug-likeness (QED) is 0.0290. The fraction of sp³-hybridized carbons (Fsp3) is 0.741. The van der Waals surface area contributed by atoms with Crippen molar-refractivity contribution in [1.82, 2.24) is 16.0 Å². The van der Waals surface area contributed by atoms with E-state index in [-0.39, 0.29) is 88.2 Å². The average Bonchev–Trinajstić information content (AvgIpc) is 3.16. The predicted molar refractivity (Wildman–Crippen MR) is 252 cm³/mol. The summed E-state index contributed by atoms with van der Waals surface area (Å²) in [6, 6.07) is 0.616. The molecule has 0 aromatic rings. The number of carbonyl (C=O) groups excluding carboxylic acids is 6. The van der Waals surface area contributed by atoms with E-state index in [2.05, 4.69) is 16.0 Å². The number of hydrogen-bond donors (Lipinski definition) is 4. The number of hydrogen-bond acceptors (Lipinski definition) is 10. The molecule has 0 spiro atoms. The second kappa shape index (κ2) is 31.0. The number of Topliss-reactive ketones (excluding diaryl/α,β-unsaturated/α-hetero) is 4. The van der Waals surface area contributed by atoms with Gasteiger partial charge in [0, 0.05) is 19.6 Å². The second-order valence-corrected chi connectivity index (χ2v) is 21.4. The third kappa shape index (κ3) is 22.3. The zero-order valence-electron chi connectivity index (χ0n) is 33.4. The molecule has 0 aromatic heterocycles. The topological polar surface area (TPSA) is 194 Å². The van der Waals surface area contributed by atoms with Gasteiger partial charge in [-0.1, -0.05) is 6.66 Å². The third-order valence-electron chi connectivity index (χ3n) is 8.63. The minimum absolute atomic E-state index is 0.00339. The van der Waals surface area contributed by atoms with Crippen LogP contribution in [0.3, 0.4) is 0 Å². The van der Waals surface area contributed by atoms with E-state index in [1.54, 1.807) is 6.66 Å². The Kier molecular flexibility index (Phi) is 30.5. The molecule has 0 aliphatic carbocycles. The van der Waals surface area contributed by atoms with Crippen molar-refractivity contribution in [3.05, 3.63) is 0 Å². The Morgan fingerprint density at radius 3 is 1.74 bits per heavy atom. The van der Waals surface area contributed by atoms with Crippen LogP contribution in [0, 0.1) is 0 Å². The first-order chi connectivity index (χ1) is 27.3. The molecule has 2 amide bonds. The minimum atomic E-state index is -2.57. The van der Waals surface area contributed by atoms with Gasteiger partial charge in [-0.2, -0.15) is 0 Å². The fourth-order valence-corrected chi connectivity index (χ4v) is 8.91. The first kappa shape index (κ1) is 57.1. The molecule has 13 nitrogen and oxygen atoms in total. The normalized spacial score (nSPS) is 13.1. The van der Waals surface area contributed by atoms with Gasteiger partial charge in [-0.15, -0.1) is 0 Å². The molecule has 31 heteroatoms. The third-order valence-corrected chi connectivity index (χ3v) is 15.1. The predicted octanol–water partition coefficient (Wildman–Crippen LogP) is -4.68. The Labute approximate surface area is 361 Å². The summed E-state index contributed by atoms with van der Waals surface area (Å²) in [6.45, 7) is 4.42. The van der Waals surface area contributed by atoms with Crippen LogP contribution in [0.25, 0.3) is 0 Å². The van der Waals surface area contributed by atoms with E-state index in [1.807, 2.05) is 6.92 Å². The van der Waals surface area contributed by atoms with Crippen LogP contribution in [0.2, 0.25) is 0 Å². The van der Waals surface area contributed by atoms with Crippen molar-refractivity contribution in [1.29, 1.82) is 0 Å². The van der Waals surface area contributed by atoms with Gasteiger partial charge in [-0.3, -0.25) is 9.59 Å². The molecule has 0 saturated heterocycles. The van der Waals surface area contributed by atoms with E-state index in [0.717, 1.165) is 12.1 Å². The number of nitrogens with one attached hydrogen (secondary N) is 3. The van der Waals surface area contributed by atoms with Gasteiger partial charge >= 0.3 is 267 Å². The van der Waals surface area contributed by atoms with Gasteiger partial charge in [0.25, 0.3) is 0 Å². The van der Waals surface area contributed by atoms with Crippen LogP contribution >= 0.6 is 25.3 Å². The number of amides is 2. The molecule has 0 bridgehead atoms. The van der Waals surface area contributed by atoms with Gasteiger partial charge < -0.3 is 19.9 Å². The molecule has 288 valence electrons. The number of carboxylic acid groups (broad SMARTS) is 1. The van der Waals surface area contributed by atoms with Crippen molar-refractivity contribution in [2.24, 2.45) is 0 Å². The molecular weight excluding hydrogens is 784 g/mol. The molecule has 0 aromatic carbocycles. The standard InChI is InChI=1S/C27H43B15N3O10PS2/c1-3-54-12-13-55-14-18(46)10-11-43-23(27(52)53)8-9-25(50)44-22(7-4-19(47)15-56(2)36)26(51)45-21(24(49)17-58(39-30,40-31)42(34)35)6-5-20(48)16-57(37-28,38-29)41(32)33/h21-23,43H,3-17H2,1-2H3,(H,44,50)(H,45,51)(H,52,53). The van der Waals surface area contributed by atoms with Gasteiger partial charge in [-0.25, -0.2) is 0 Å². The van der Waals surface area contributed by atoms with Gasteiger partial charge in [-0.05, 0) is 6.92 Å². The van der Waals surface area contributed by atoms with Crippen LogP contribution in [0.15, 0.2) is 0 Å². The maximum absolute atomic E-state index is 13.9. The van der Waals surface area contributed by atoms with Crippen LogP contribution < -0.4 is 16.0 Å². The van der Waals surface area contributed by atoms with Crippen LogP contribution in [0.1, 0.15) is 51.9 Å². The Bertz CT molecular complexity index is 1640. The summed E-state index contributed by atoms with van der Waals surface area (Å²) in [6.07, 6.45) is -1.48. The van der Waals surface area contributed by atoms with E-state index < -0.39 is 90.0 Å².